The zero-order valence-electron chi connectivity index (χ0n) is 10.5. The van der Waals surface area contributed by atoms with Crippen molar-refractivity contribution in [3.63, 3.8) is 0 Å². The Morgan fingerprint density at radius 2 is 1.95 bits per heavy atom. The molecule has 1 aromatic rings. The fourth-order valence-corrected chi connectivity index (χ4v) is 2.39. The molecule has 1 saturated heterocycles. The van der Waals surface area contributed by atoms with Crippen LogP contribution < -0.4 is 5.32 Å². The fraction of sp³-hybridized carbons (Fsp3) is 0.538. The van der Waals surface area contributed by atoms with Crippen LogP contribution in [0.3, 0.4) is 0 Å². The average Bonchev–Trinajstić information content (AvgIpc) is 2.40. The highest BCUT2D eigenvalue weighted by molar-refractivity contribution is 5.30. The zero-order valence-corrected chi connectivity index (χ0v) is 10.5. The molecule has 1 aliphatic rings. The molecule has 2 N–H and O–H groups in total. The minimum absolute atomic E-state index is 0.329. The van der Waals surface area contributed by atoms with E-state index in [1.807, 2.05) is 4.90 Å². The smallest absolute Gasteiger partial charge is 0.240 e. The van der Waals surface area contributed by atoms with E-state index in [2.05, 4.69) is 5.32 Å². The minimum atomic E-state index is -2.45. The lowest BCUT2D eigenvalue weighted by atomic mass is 10.0. The Morgan fingerprint density at radius 3 is 2.53 bits per heavy atom. The molecule has 0 bridgehead atoms. The molecule has 1 fully saturated rings. The first-order valence-corrected chi connectivity index (χ1v) is 6.29. The van der Waals surface area contributed by atoms with Crippen LogP contribution >= 0.6 is 0 Å². The summed E-state index contributed by atoms with van der Waals surface area (Å²) in [5.41, 5.74) is 0.484. The number of hydrogen-bond donors (Lipinski definition) is 2. The molecular weight excluding hydrogens is 257 g/mol. The second-order valence-electron chi connectivity index (χ2n) is 4.64. The molecule has 1 heterocycles. The van der Waals surface area contributed by atoms with Crippen LogP contribution in [0.15, 0.2) is 18.2 Å². The second-order valence-corrected chi connectivity index (χ2v) is 4.64. The van der Waals surface area contributed by atoms with Crippen LogP contribution in [0.2, 0.25) is 0 Å². The molecule has 1 aromatic carbocycles. The number of alkyl halides is 2. The number of nitrogens with one attached hydrogen (secondary N) is 1. The van der Waals surface area contributed by atoms with E-state index < -0.39 is 24.0 Å². The maximum atomic E-state index is 13.4. The molecule has 0 unspecified atom stereocenters. The first kappa shape index (κ1) is 14.1. The van der Waals surface area contributed by atoms with E-state index >= 15 is 0 Å². The van der Waals surface area contributed by atoms with E-state index in [0.29, 0.717) is 18.7 Å². The summed E-state index contributed by atoms with van der Waals surface area (Å²) in [6.45, 7) is 2.78. The first-order chi connectivity index (χ1) is 9.08. The van der Waals surface area contributed by atoms with E-state index in [4.69, 9.17) is 0 Å². The average molecular weight is 274 g/mol. The lowest BCUT2D eigenvalue weighted by Gasteiger charge is -2.35. The summed E-state index contributed by atoms with van der Waals surface area (Å²) >= 11 is 0. The maximum absolute atomic E-state index is 13.4. The molecule has 3 nitrogen and oxygen atoms in total. The van der Waals surface area contributed by atoms with Crippen molar-refractivity contribution in [2.24, 2.45) is 0 Å². The Morgan fingerprint density at radius 1 is 1.26 bits per heavy atom. The third kappa shape index (κ3) is 3.61. The molecule has 1 atom stereocenters. The van der Waals surface area contributed by atoms with Crippen LogP contribution in [0.25, 0.3) is 0 Å². The molecular formula is C13H17F3N2O. The number of phenolic OH excluding ortho intramolecular Hbond substituents is 1. The van der Waals surface area contributed by atoms with Crippen molar-refractivity contribution in [1.29, 1.82) is 0 Å². The summed E-state index contributed by atoms with van der Waals surface area (Å²) < 4.78 is 38.8. The molecule has 0 saturated carbocycles. The van der Waals surface area contributed by atoms with E-state index in [9.17, 15) is 18.3 Å². The van der Waals surface area contributed by atoms with Gasteiger partial charge in [0.25, 0.3) is 0 Å². The quantitative estimate of drug-likeness (QED) is 0.883. The van der Waals surface area contributed by atoms with Crippen LogP contribution in [-0.2, 0) is 0 Å². The van der Waals surface area contributed by atoms with Gasteiger partial charge in [-0.1, -0.05) is 6.07 Å². The van der Waals surface area contributed by atoms with Gasteiger partial charge in [-0.05, 0) is 17.7 Å². The predicted molar refractivity (Wildman–Crippen MR) is 65.9 cm³/mol. The van der Waals surface area contributed by atoms with Crippen molar-refractivity contribution in [2.45, 2.75) is 18.9 Å². The van der Waals surface area contributed by atoms with Gasteiger partial charge in [0.15, 0.2) is 11.6 Å². The van der Waals surface area contributed by atoms with Gasteiger partial charge in [-0.15, -0.1) is 0 Å². The summed E-state index contributed by atoms with van der Waals surface area (Å²) in [4.78, 5) is 1.93. The van der Waals surface area contributed by atoms with Crippen molar-refractivity contribution in [2.75, 3.05) is 26.2 Å². The predicted octanol–water partition coefficient (Wildman–Crippen LogP) is 2.13. The SMILES string of the molecule is Oc1ccc([C@H](CC(F)F)N2CCNCC2)cc1F. The largest absolute Gasteiger partial charge is 0.505 e. The molecule has 0 spiro atoms. The second kappa shape index (κ2) is 6.25. The maximum Gasteiger partial charge on any atom is 0.240 e. The van der Waals surface area contributed by atoms with Crippen molar-refractivity contribution >= 4 is 0 Å². The molecule has 6 heteroatoms. The molecule has 0 radical (unpaired) electrons. The number of phenols is 1. The Balaban J connectivity index is 2.22. The summed E-state index contributed by atoms with van der Waals surface area (Å²) in [5, 5.41) is 12.3. The van der Waals surface area contributed by atoms with E-state index in [0.717, 1.165) is 19.2 Å². The van der Waals surface area contributed by atoms with Crippen LogP contribution in [0.4, 0.5) is 13.2 Å². The molecule has 19 heavy (non-hydrogen) atoms. The van der Waals surface area contributed by atoms with Gasteiger partial charge in [0.2, 0.25) is 6.43 Å². The number of rotatable bonds is 4. The Kier molecular flexibility index (Phi) is 4.66. The Bertz CT molecular complexity index is 422. The number of hydrogen-bond acceptors (Lipinski definition) is 3. The van der Waals surface area contributed by atoms with Gasteiger partial charge in [0, 0.05) is 38.6 Å². The number of aromatic hydroxyl groups is 1. The van der Waals surface area contributed by atoms with Gasteiger partial charge in [-0.25, -0.2) is 13.2 Å². The molecule has 0 aliphatic carbocycles. The molecule has 106 valence electrons. The van der Waals surface area contributed by atoms with Crippen molar-refractivity contribution in [3.05, 3.63) is 29.6 Å². The molecule has 1 aliphatic heterocycles. The standard InChI is InChI=1S/C13H17F3N2O/c14-10-7-9(1-2-12(10)19)11(8-13(15)16)18-5-3-17-4-6-18/h1-2,7,11,13,17,19H,3-6,8H2/t11-/m0/s1. The monoisotopic (exact) mass is 274 g/mol. The Labute approximate surface area is 110 Å². The molecule has 0 aromatic heterocycles. The van der Waals surface area contributed by atoms with Crippen LogP contribution in [0.5, 0.6) is 5.75 Å². The number of halogens is 3. The van der Waals surface area contributed by atoms with Crippen molar-refractivity contribution in [3.8, 4) is 5.75 Å². The first-order valence-electron chi connectivity index (χ1n) is 6.29. The van der Waals surface area contributed by atoms with E-state index in [1.54, 1.807) is 0 Å². The number of piperazine rings is 1. The van der Waals surface area contributed by atoms with Gasteiger partial charge in [-0.2, -0.15) is 0 Å². The normalized spacial score (nSPS) is 18.7. The van der Waals surface area contributed by atoms with Crippen LogP contribution in [-0.4, -0.2) is 42.6 Å². The third-order valence-electron chi connectivity index (χ3n) is 3.35. The highest BCUT2D eigenvalue weighted by Crippen LogP contribution is 2.30. The number of benzene rings is 1. The van der Waals surface area contributed by atoms with Crippen LogP contribution in [0, 0.1) is 5.82 Å². The summed E-state index contributed by atoms with van der Waals surface area (Å²) in [6, 6.07) is 3.35. The van der Waals surface area contributed by atoms with E-state index in [-0.39, 0.29) is 6.42 Å². The number of nitrogens with zero attached hydrogens (tertiary/aromatic N) is 1. The van der Waals surface area contributed by atoms with Gasteiger partial charge in [-0.3, -0.25) is 4.90 Å². The third-order valence-corrected chi connectivity index (χ3v) is 3.35. The highest BCUT2D eigenvalue weighted by atomic mass is 19.3. The van der Waals surface area contributed by atoms with Gasteiger partial charge < -0.3 is 10.4 Å². The lowest BCUT2D eigenvalue weighted by molar-refractivity contribution is 0.0737. The van der Waals surface area contributed by atoms with Gasteiger partial charge >= 0.3 is 0 Å². The summed E-state index contributed by atoms with van der Waals surface area (Å²) in [7, 11) is 0. The highest BCUT2D eigenvalue weighted by Gasteiger charge is 2.26. The topological polar surface area (TPSA) is 35.5 Å². The van der Waals surface area contributed by atoms with Crippen molar-refractivity contribution in [1.82, 2.24) is 10.2 Å². The van der Waals surface area contributed by atoms with Gasteiger partial charge in [0.1, 0.15) is 0 Å². The van der Waals surface area contributed by atoms with Crippen molar-refractivity contribution < 1.29 is 18.3 Å². The fourth-order valence-electron chi connectivity index (χ4n) is 2.39. The zero-order chi connectivity index (χ0) is 13.8. The lowest BCUT2D eigenvalue weighted by Crippen LogP contribution is -2.45. The Hall–Kier alpha value is -1.27. The molecule has 0 amide bonds. The minimum Gasteiger partial charge on any atom is -0.505 e. The summed E-state index contributed by atoms with van der Waals surface area (Å²) in [6.07, 6.45) is -2.78. The van der Waals surface area contributed by atoms with E-state index in [1.165, 1.54) is 12.1 Å². The summed E-state index contributed by atoms with van der Waals surface area (Å²) in [5.74, 6) is -1.23. The van der Waals surface area contributed by atoms with Gasteiger partial charge in [0.05, 0.1) is 0 Å². The van der Waals surface area contributed by atoms with Crippen LogP contribution in [0.1, 0.15) is 18.0 Å². The molecule has 2 rings (SSSR count).